The molecule has 4 aliphatic heterocycles. The van der Waals surface area contributed by atoms with Crippen LogP contribution in [0.15, 0.2) is 4.73 Å². The molecule has 13 heteroatoms. The summed E-state index contributed by atoms with van der Waals surface area (Å²) in [6.45, 7) is 12.1. The van der Waals surface area contributed by atoms with Gasteiger partial charge in [-0.3, -0.25) is 14.4 Å². The summed E-state index contributed by atoms with van der Waals surface area (Å²) in [5.74, 6) is 0.714. The highest BCUT2D eigenvalue weighted by atomic mass is 79.9. The van der Waals surface area contributed by atoms with E-state index < -0.39 is 14.2 Å². The van der Waals surface area contributed by atoms with Crippen LogP contribution in [-0.4, -0.2) is 106 Å². The summed E-state index contributed by atoms with van der Waals surface area (Å²) in [7, 11) is -1.21. The van der Waals surface area contributed by atoms with Gasteiger partial charge in [-0.15, -0.1) is 0 Å². The molecule has 0 spiro atoms. The summed E-state index contributed by atoms with van der Waals surface area (Å²) < 4.78 is 15.1. The zero-order valence-electron chi connectivity index (χ0n) is 23.2. The van der Waals surface area contributed by atoms with E-state index in [2.05, 4.69) is 45.4 Å². The van der Waals surface area contributed by atoms with Gasteiger partial charge in [-0.25, -0.2) is 9.78 Å². The van der Waals surface area contributed by atoms with Crippen molar-refractivity contribution < 1.29 is 19.4 Å². The van der Waals surface area contributed by atoms with Crippen molar-refractivity contribution >= 4 is 47.1 Å². The van der Waals surface area contributed by atoms with Crippen molar-refractivity contribution in [3.8, 4) is 6.01 Å². The van der Waals surface area contributed by atoms with Crippen LogP contribution in [0.2, 0.25) is 25.7 Å². The molecule has 0 aliphatic carbocycles. The largest absolute Gasteiger partial charge is 0.465 e. The zero-order valence-corrected chi connectivity index (χ0v) is 25.8. The molecule has 4 aliphatic rings. The monoisotopic (exact) mass is 621 g/mol. The summed E-state index contributed by atoms with van der Waals surface area (Å²) in [5, 5.41) is 9.76. The lowest BCUT2D eigenvalue weighted by atomic mass is 9.95. The van der Waals surface area contributed by atoms with Gasteiger partial charge in [0, 0.05) is 27.8 Å². The standard InChI is InChI=1S/C26H40BrN7O4Si/c1-39(2,3)13-12-37-17-33-22-20(28-23(33)27)21(31-14-18-6-7-19(15-31)34(18)25(35)36)29-24(30-22)38-16-26-8-4-10-32(26)11-5-9-26/h18-19H,4-17H2,1-3H3,(H,35,36). The molecule has 2 aromatic heterocycles. The third-order valence-electron chi connectivity index (χ3n) is 9.01. The second-order valence-corrected chi connectivity index (χ2v) is 19.2. The highest BCUT2D eigenvalue weighted by Crippen LogP contribution is 2.40. The van der Waals surface area contributed by atoms with E-state index in [1.54, 1.807) is 4.90 Å². The van der Waals surface area contributed by atoms with Gasteiger partial charge in [0.2, 0.25) is 0 Å². The molecule has 2 atom stereocenters. The predicted octanol–water partition coefficient (Wildman–Crippen LogP) is 4.24. The first kappa shape index (κ1) is 27.2. The van der Waals surface area contributed by atoms with Crippen molar-refractivity contribution in [2.45, 2.75) is 88.6 Å². The average Bonchev–Trinajstić information content (AvgIpc) is 3.60. The topological polar surface area (TPSA) is 109 Å². The van der Waals surface area contributed by atoms with Gasteiger partial charge in [-0.05, 0) is 73.6 Å². The van der Waals surface area contributed by atoms with E-state index in [0.29, 0.717) is 60.8 Å². The van der Waals surface area contributed by atoms with Crippen molar-refractivity contribution in [3.63, 3.8) is 0 Å². The van der Waals surface area contributed by atoms with Crippen LogP contribution in [-0.2, 0) is 11.5 Å². The van der Waals surface area contributed by atoms with E-state index in [-0.39, 0.29) is 17.6 Å². The highest BCUT2D eigenvalue weighted by Gasteiger charge is 2.46. The van der Waals surface area contributed by atoms with Crippen molar-refractivity contribution in [1.82, 2.24) is 29.3 Å². The number of fused-ring (bicyclic) bond motifs is 4. The molecule has 6 rings (SSSR count). The quantitative estimate of drug-likeness (QED) is 0.250. The van der Waals surface area contributed by atoms with E-state index in [4.69, 9.17) is 24.4 Å². The number of anilines is 1. The molecule has 1 amide bonds. The first-order valence-corrected chi connectivity index (χ1v) is 18.8. The minimum atomic E-state index is -1.21. The van der Waals surface area contributed by atoms with E-state index in [0.717, 1.165) is 44.8 Å². The van der Waals surface area contributed by atoms with Gasteiger partial charge in [0.25, 0.3) is 0 Å². The highest BCUT2D eigenvalue weighted by molar-refractivity contribution is 9.10. The van der Waals surface area contributed by atoms with Gasteiger partial charge in [0.15, 0.2) is 21.7 Å². The molecule has 39 heavy (non-hydrogen) atoms. The first-order valence-electron chi connectivity index (χ1n) is 14.3. The Bertz CT molecular complexity index is 1210. The Hall–Kier alpha value is -1.96. The Kier molecular flexibility index (Phi) is 7.30. The number of hydrogen-bond donors (Lipinski definition) is 1. The summed E-state index contributed by atoms with van der Waals surface area (Å²) in [5.41, 5.74) is 1.45. The molecular weight excluding hydrogens is 582 g/mol. The fourth-order valence-electron chi connectivity index (χ4n) is 6.92. The molecule has 4 fully saturated rings. The summed E-state index contributed by atoms with van der Waals surface area (Å²) in [6, 6.07) is 1.35. The second kappa shape index (κ2) is 10.5. The van der Waals surface area contributed by atoms with Crippen LogP contribution in [0.3, 0.4) is 0 Å². The summed E-state index contributed by atoms with van der Waals surface area (Å²) >= 11 is 3.64. The molecule has 2 unspecified atom stereocenters. The number of rotatable bonds is 9. The Balaban J connectivity index is 1.30. The van der Waals surface area contributed by atoms with E-state index in [9.17, 15) is 9.90 Å². The Morgan fingerprint density at radius 1 is 1.10 bits per heavy atom. The molecule has 11 nitrogen and oxygen atoms in total. The molecular formula is C26H40BrN7O4Si. The van der Waals surface area contributed by atoms with Crippen LogP contribution in [0.4, 0.5) is 10.6 Å². The van der Waals surface area contributed by atoms with E-state index in [1.807, 2.05) is 4.57 Å². The summed E-state index contributed by atoms with van der Waals surface area (Å²) in [4.78, 5) is 32.9. The second-order valence-electron chi connectivity index (χ2n) is 12.8. The third kappa shape index (κ3) is 5.27. The van der Waals surface area contributed by atoms with Gasteiger partial charge >= 0.3 is 12.1 Å². The van der Waals surface area contributed by atoms with Crippen molar-refractivity contribution in [3.05, 3.63) is 4.73 Å². The molecule has 0 aromatic carbocycles. The third-order valence-corrected chi connectivity index (χ3v) is 11.3. The van der Waals surface area contributed by atoms with Gasteiger partial charge < -0.3 is 19.5 Å². The van der Waals surface area contributed by atoms with Crippen molar-refractivity contribution in [2.24, 2.45) is 0 Å². The van der Waals surface area contributed by atoms with Gasteiger partial charge in [-0.2, -0.15) is 9.97 Å². The lowest BCUT2D eigenvalue weighted by Gasteiger charge is -2.40. The van der Waals surface area contributed by atoms with Crippen LogP contribution < -0.4 is 9.64 Å². The predicted molar refractivity (Wildman–Crippen MR) is 154 cm³/mol. The molecule has 6 heterocycles. The molecule has 0 saturated carbocycles. The van der Waals surface area contributed by atoms with E-state index >= 15 is 0 Å². The van der Waals surface area contributed by atoms with Crippen LogP contribution in [0.5, 0.6) is 6.01 Å². The molecule has 214 valence electrons. The molecule has 2 bridgehead atoms. The number of hydrogen-bond acceptors (Lipinski definition) is 8. The minimum absolute atomic E-state index is 0.0458. The van der Waals surface area contributed by atoms with Gasteiger partial charge in [0.05, 0.1) is 17.6 Å². The smallest absolute Gasteiger partial charge is 0.407 e. The number of imidazole rings is 1. The molecule has 1 N–H and O–H groups in total. The van der Waals surface area contributed by atoms with Crippen LogP contribution in [0.25, 0.3) is 11.2 Å². The van der Waals surface area contributed by atoms with Crippen molar-refractivity contribution in [2.75, 3.05) is 44.3 Å². The maximum Gasteiger partial charge on any atom is 0.407 e. The first-order chi connectivity index (χ1) is 18.6. The minimum Gasteiger partial charge on any atom is -0.465 e. The molecule has 0 radical (unpaired) electrons. The number of ether oxygens (including phenoxy) is 2. The number of aromatic nitrogens is 4. The van der Waals surface area contributed by atoms with Crippen LogP contribution >= 0.6 is 15.9 Å². The number of halogens is 1. The summed E-state index contributed by atoms with van der Waals surface area (Å²) in [6.07, 6.45) is 5.62. The number of nitrogens with zero attached hydrogens (tertiary/aromatic N) is 7. The number of amides is 1. The fraction of sp³-hybridized carbons (Fsp3) is 0.769. The lowest BCUT2D eigenvalue weighted by molar-refractivity contribution is 0.0876. The van der Waals surface area contributed by atoms with Gasteiger partial charge in [0.1, 0.15) is 13.3 Å². The van der Waals surface area contributed by atoms with Crippen LogP contribution in [0, 0.1) is 0 Å². The lowest BCUT2D eigenvalue weighted by Crippen LogP contribution is -2.55. The van der Waals surface area contributed by atoms with Crippen LogP contribution in [0.1, 0.15) is 38.5 Å². The van der Waals surface area contributed by atoms with Gasteiger partial charge in [-0.1, -0.05) is 19.6 Å². The average molecular weight is 623 g/mol. The molecule has 4 saturated heterocycles. The SMILES string of the molecule is C[Si](C)(C)CCOCn1c(Br)nc2c(N3CC4CCC(C3)N4C(=O)O)nc(OCC34CCCN3CCC4)nc21. The number of carbonyl (C=O) groups is 1. The van der Waals surface area contributed by atoms with Crippen molar-refractivity contribution in [1.29, 1.82) is 0 Å². The Morgan fingerprint density at radius 3 is 2.44 bits per heavy atom. The normalized spacial score (nSPS) is 24.6. The Morgan fingerprint density at radius 2 is 1.79 bits per heavy atom. The maximum atomic E-state index is 11.9. The maximum absolute atomic E-state index is 11.9. The molecule has 2 aromatic rings. The zero-order chi connectivity index (χ0) is 27.4. The van der Waals surface area contributed by atoms with E-state index in [1.165, 1.54) is 12.8 Å². The Labute approximate surface area is 239 Å². The fourth-order valence-corrected chi connectivity index (χ4v) is 8.13. The number of carboxylic acid groups (broad SMARTS) is 1. The number of piperazine rings is 1.